The van der Waals surface area contributed by atoms with Crippen LogP contribution >= 0.6 is 27.5 Å². The van der Waals surface area contributed by atoms with Gasteiger partial charge in [0.25, 0.3) is 11.8 Å². The zero-order chi connectivity index (χ0) is 20.7. The molecule has 8 heteroatoms. The van der Waals surface area contributed by atoms with Crippen molar-refractivity contribution in [1.29, 1.82) is 0 Å². The Labute approximate surface area is 177 Å². The van der Waals surface area contributed by atoms with E-state index in [0.717, 1.165) is 10.0 Å². The highest BCUT2D eigenvalue weighted by atomic mass is 79.9. The van der Waals surface area contributed by atoms with E-state index in [2.05, 4.69) is 47.6 Å². The smallest absolute Gasteiger partial charge is 0.276 e. The number of halogens is 2. The fourth-order valence-corrected chi connectivity index (χ4v) is 2.74. The molecular weight excluding hydrogens is 448 g/mol. The molecule has 0 saturated carbocycles. The first-order valence-electron chi connectivity index (χ1n) is 8.54. The van der Waals surface area contributed by atoms with Crippen molar-refractivity contribution >= 4 is 39.3 Å². The van der Waals surface area contributed by atoms with Crippen molar-refractivity contribution in [3.8, 4) is 11.5 Å². The average molecular weight is 470 g/mol. The molecule has 0 fully saturated rings. The number of hydrogen-bond acceptors (Lipinski definition) is 4. The highest BCUT2D eigenvalue weighted by Gasteiger charge is 2.20. The van der Waals surface area contributed by atoms with Crippen LogP contribution in [0, 0.1) is 0 Å². The molecule has 0 heterocycles. The number of carbonyl (C=O) groups excluding carboxylic acids is 2. The van der Waals surface area contributed by atoms with Gasteiger partial charge < -0.3 is 9.47 Å². The van der Waals surface area contributed by atoms with Crippen LogP contribution in [0.3, 0.4) is 0 Å². The molecular formula is C20H22BrClN2O4. The van der Waals surface area contributed by atoms with Gasteiger partial charge >= 0.3 is 0 Å². The van der Waals surface area contributed by atoms with E-state index in [4.69, 9.17) is 21.1 Å². The molecule has 0 bridgehead atoms. The SMILES string of the molecule is CC(C)(C)c1cc(Br)ccc1OCC(=O)NNC(=O)COc1ccc(Cl)cc1. The molecule has 2 amide bonds. The van der Waals surface area contributed by atoms with Crippen LogP contribution in [0.5, 0.6) is 11.5 Å². The molecule has 2 aromatic carbocycles. The van der Waals surface area contributed by atoms with Gasteiger partial charge in [0.05, 0.1) is 0 Å². The molecule has 0 aromatic heterocycles. The van der Waals surface area contributed by atoms with Gasteiger partial charge in [0.2, 0.25) is 0 Å². The molecule has 0 aliphatic heterocycles. The minimum atomic E-state index is -0.498. The van der Waals surface area contributed by atoms with Crippen molar-refractivity contribution in [2.24, 2.45) is 0 Å². The summed E-state index contributed by atoms with van der Waals surface area (Å²) in [5, 5.41) is 0.574. The fourth-order valence-electron chi connectivity index (χ4n) is 2.25. The number of carbonyl (C=O) groups is 2. The number of amides is 2. The molecule has 0 radical (unpaired) electrons. The van der Waals surface area contributed by atoms with E-state index in [1.165, 1.54) is 0 Å². The van der Waals surface area contributed by atoms with Crippen molar-refractivity contribution in [1.82, 2.24) is 10.9 Å². The van der Waals surface area contributed by atoms with Gasteiger partial charge in [0, 0.05) is 15.1 Å². The molecule has 2 N–H and O–H groups in total. The third-order valence-corrected chi connectivity index (χ3v) is 4.38. The van der Waals surface area contributed by atoms with Crippen LogP contribution in [0.1, 0.15) is 26.3 Å². The second-order valence-corrected chi connectivity index (χ2v) is 8.37. The van der Waals surface area contributed by atoms with Gasteiger partial charge in [-0.25, -0.2) is 0 Å². The lowest BCUT2D eigenvalue weighted by atomic mass is 9.86. The first-order valence-corrected chi connectivity index (χ1v) is 9.71. The van der Waals surface area contributed by atoms with E-state index in [1.54, 1.807) is 30.3 Å². The molecule has 150 valence electrons. The van der Waals surface area contributed by atoms with E-state index < -0.39 is 11.8 Å². The Morgan fingerprint density at radius 2 is 1.54 bits per heavy atom. The highest BCUT2D eigenvalue weighted by molar-refractivity contribution is 9.10. The first kappa shape index (κ1) is 22.0. The number of hydrazine groups is 1. The van der Waals surface area contributed by atoms with Gasteiger partial charge in [-0.1, -0.05) is 48.3 Å². The molecule has 2 aromatic rings. The lowest BCUT2D eigenvalue weighted by Gasteiger charge is -2.23. The highest BCUT2D eigenvalue weighted by Crippen LogP contribution is 2.33. The molecule has 2 rings (SSSR count). The van der Waals surface area contributed by atoms with Crippen LogP contribution in [-0.4, -0.2) is 25.0 Å². The standard InChI is InChI=1S/C20H22BrClN2O4/c1-20(2,3)16-10-13(21)4-9-17(16)28-12-19(26)24-23-18(25)11-27-15-7-5-14(22)6-8-15/h4-10H,11-12H2,1-3H3,(H,23,25)(H,24,26). The van der Waals surface area contributed by atoms with Crippen LogP contribution in [-0.2, 0) is 15.0 Å². The second kappa shape index (κ2) is 9.80. The summed E-state index contributed by atoms with van der Waals surface area (Å²) in [6, 6.07) is 12.2. The Balaban J connectivity index is 1.78. The Bertz CT molecular complexity index is 835. The maximum atomic E-state index is 11.9. The summed E-state index contributed by atoms with van der Waals surface area (Å²) in [5.41, 5.74) is 5.39. The van der Waals surface area contributed by atoms with Gasteiger partial charge in [-0.2, -0.15) is 0 Å². The number of ether oxygens (including phenoxy) is 2. The minimum absolute atomic E-state index is 0.150. The summed E-state index contributed by atoms with van der Waals surface area (Å²) >= 11 is 9.22. The Kier molecular flexibility index (Phi) is 7.71. The predicted molar refractivity (Wildman–Crippen MR) is 112 cm³/mol. The van der Waals surface area contributed by atoms with Gasteiger partial charge in [-0.3, -0.25) is 20.4 Å². The second-order valence-electron chi connectivity index (χ2n) is 7.02. The van der Waals surface area contributed by atoms with Gasteiger partial charge in [0.15, 0.2) is 13.2 Å². The number of nitrogens with one attached hydrogen (secondary N) is 2. The van der Waals surface area contributed by atoms with Gasteiger partial charge in [0.1, 0.15) is 11.5 Å². The van der Waals surface area contributed by atoms with Crippen LogP contribution in [0.15, 0.2) is 46.9 Å². The lowest BCUT2D eigenvalue weighted by molar-refractivity contribution is -0.131. The first-order chi connectivity index (χ1) is 13.1. The summed E-state index contributed by atoms with van der Waals surface area (Å²) in [6.45, 7) is 5.69. The van der Waals surface area contributed by atoms with Crippen LogP contribution < -0.4 is 20.3 Å². The maximum Gasteiger partial charge on any atom is 0.276 e. The third-order valence-electron chi connectivity index (χ3n) is 3.63. The van der Waals surface area contributed by atoms with E-state index >= 15 is 0 Å². The monoisotopic (exact) mass is 468 g/mol. The molecule has 6 nitrogen and oxygen atoms in total. The van der Waals surface area contributed by atoms with E-state index in [1.807, 2.05) is 12.1 Å². The summed E-state index contributed by atoms with van der Waals surface area (Å²) in [5.74, 6) is 0.132. The van der Waals surface area contributed by atoms with Crippen LogP contribution in [0.4, 0.5) is 0 Å². The Morgan fingerprint density at radius 3 is 2.11 bits per heavy atom. The minimum Gasteiger partial charge on any atom is -0.484 e. The molecule has 0 unspecified atom stereocenters. The lowest BCUT2D eigenvalue weighted by Crippen LogP contribution is -2.45. The summed E-state index contributed by atoms with van der Waals surface area (Å²) in [6.07, 6.45) is 0. The normalized spacial score (nSPS) is 10.9. The van der Waals surface area contributed by atoms with E-state index in [9.17, 15) is 9.59 Å². The Morgan fingerprint density at radius 1 is 0.964 bits per heavy atom. The topological polar surface area (TPSA) is 76.7 Å². The number of hydrogen-bond donors (Lipinski definition) is 2. The molecule has 0 saturated heterocycles. The van der Waals surface area contributed by atoms with Crippen molar-refractivity contribution in [2.75, 3.05) is 13.2 Å². The van der Waals surface area contributed by atoms with Gasteiger partial charge in [-0.15, -0.1) is 0 Å². The number of benzene rings is 2. The zero-order valence-electron chi connectivity index (χ0n) is 15.8. The van der Waals surface area contributed by atoms with Crippen LogP contribution in [0.2, 0.25) is 5.02 Å². The molecule has 0 aliphatic rings. The molecule has 0 spiro atoms. The zero-order valence-corrected chi connectivity index (χ0v) is 18.2. The summed E-state index contributed by atoms with van der Waals surface area (Å²) in [7, 11) is 0. The van der Waals surface area contributed by atoms with Crippen LogP contribution in [0.25, 0.3) is 0 Å². The Hall–Kier alpha value is -2.25. The molecule has 0 aliphatic carbocycles. The predicted octanol–water partition coefficient (Wildman–Crippen LogP) is 4.01. The number of rotatable bonds is 6. The quantitative estimate of drug-likeness (QED) is 0.627. The van der Waals surface area contributed by atoms with Crippen molar-refractivity contribution in [3.05, 3.63) is 57.5 Å². The molecule has 0 atom stereocenters. The maximum absolute atomic E-state index is 11.9. The molecule has 28 heavy (non-hydrogen) atoms. The van der Waals surface area contributed by atoms with Gasteiger partial charge in [-0.05, 0) is 47.9 Å². The largest absolute Gasteiger partial charge is 0.484 e. The third kappa shape index (κ3) is 7.05. The van der Waals surface area contributed by atoms with E-state index in [0.29, 0.717) is 16.5 Å². The average Bonchev–Trinajstić information content (AvgIpc) is 2.64. The van der Waals surface area contributed by atoms with Crippen molar-refractivity contribution < 1.29 is 19.1 Å². The van der Waals surface area contributed by atoms with Crippen molar-refractivity contribution in [3.63, 3.8) is 0 Å². The fraction of sp³-hybridized carbons (Fsp3) is 0.300. The summed E-state index contributed by atoms with van der Waals surface area (Å²) < 4.78 is 11.8. The summed E-state index contributed by atoms with van der Waals surface area (Å²) in [4.78, 5) is 23.7. The van der Waals surface area contributed by atoms with Crippen molar-refractivity contribution in [2.45, 2.75) is 26.2 Å². The van der Waals surface area contributed by atoms with E-state index in [-0.39, 0.29) is 18.6 Å².